The molecule has 0 aromatic heterocycles. The van der Waals surface area contributed by atoms with Gasteiger partial charge in [0.2, 0.25) is 0 Å². The van der Waals surface area contributed by atoms with E-state index in [1.165, 1.54) is 5.06 Å². The number of nitrogens with zero attached hydrogens (tertiary/aromatic N) is 1. The number of hydrogen-bond donors (Lipinski definition) is 1. The van der Waals surface area contributed by atoms with Crippen molar-refractivity contribution in [3.8, 4) is 0 Å². The minimum atomic E-state index is -0.320. The SMILES string of the molecule is COCC1=CC(C)(C)N(O)C1(C)C. The van der Waals surface area contributed by atoms with Crippen LogP contribution in [0.2, 0.25) is 0 Å². The first-order valence-electron chi connectivity index (χ1n) is 4.53. The largest absolute Gasteiger partial charge is 0.380 e. The summed E-state index contributed by atoms with van der Waals surface area (Å²) in [6, 6.07) is 0. The lowest BCUT2D eigenvalue weighted by atomic mass is 9.97. The summed E-state index contributed by atoms with van der Waals surface area (Å²) in [5.41, 5.74) is 0.513. The highest BCUT2D eigenvalue weighted by molar-refractivity contribution is 5.29. The van der Waals surface area contributed by atoms with Gasteiger partial charge in [-0.15, -0.1) is 0 Å². The summed E-state index contributed by atoms with van der Waals surface area (Å²) in [5, 5.41) is 11.3. The lowest BCUT2D eigenvalue weighted by Gasteiger charge is -2.36. The molecule has 0 radical (unpaired) electrons. The van der Waals surface area contributed by atoms with E-state index in [-0.39, 0.29) is 11.1 Å². The van der Waals surface area contributed by atoms with Gasteiger partial charge < -0.3 is 9.94 Å². The third kappa shape index (κ3) is 1.64. The predicted octanol–water partition coefficient (Wildman–Crippen LogP) is 1.82. The van der Waals surface area contributed by atoms with Crippen molar-refractivity contribution in [2.75, 3.05) is 13.7 Å². The van der Waals surface area contributed by atoms with Crippen molar-refractivity contribution in [1.29, 1.82) is 0 Å². The third-order valence-electron chi connectivity index (χ3n) is 2.69. The summed E-state index contributed by atoms with van der Waals surface area (Å²) in [7, 11) is 1.67. The molecule has 3 heteroatoms. The highest BCUT2D eigenvalue weighted by Gasteiger charge is 2.44. The molecule has 1 aliphatic rings. The molecule has 1 aliphatic heterocycles. The molecule has 0 amide bonds. The van der Waals surface area contributed by atoms with E-state index < -0.39 is 0 Å². The van der Waals surface area contributed by atoms with Crippen molar-refractivity contribution < 1.29 is 9.94 Å². The van der Waals surface area contributed by atoms with Crippen LogP contribution in [0.15, 0.2) is 11.6 Å². The van der Waals surface area contributed by atoms with Gasteiger partial charge in [0.15, 0.2) is 0 Å². The normalized spacial score (nSPS) is 26.2. The van der Waals surface area contributed by atoms with Crippen molar-refractivity contribution in [3.05, 3.63) is 11.6 Å². The molecular formula is C10H19NO2. The van der Waals surface area contributed by atoms with Crippen LogP contribution in [0.5, 0.6) is 0 Å². The van der Waals surface area contributed by atoms with Crippen LogP contribution in [0.25, 0.3) is 0 Å². The van der Waals surface area contributed by atoms with E-state index >= 15 is 0 Å². The molecule has 0 aromatic rings. The molecule has 1 rings (SSSR count). The molecule has 0 bridgehead atoms. The van der Waals surface area contributed by atoms with Crippen molar-refractivity contribution in [2.45, 2.75) is 38.8 Å². The molecule has 0 aliphatic carbocycles. The van der Waals surface area contributed by atoms with E-state index in [0.717, 1.165) is 5.57 Å². The Kier molecular flexibility index (Phi) is 2.54. The first-order chi connectivity index (χ1) is 5.82. The molecule has 76 valence electrons. The van der Waals surface area contributed by atoms with E-state index in [0.29, 0.717) is 6.61 Å². The van der Waals surface area contributed by atoms with Crippen LogP contribution in [-0.4, -0.2) is 35.1 Å². The van der Waals surface area contributed by atoms with Crippen molar-refractivity contribution in [2.24, 2.45) is 0 Å². The molecule has 0 aromatic carbocycles. The molecule has 1 heterocycles. The molecule has 0 saturated heterocycles. The average Bonchev–Trinajstić information content (AvgIpc) is 2.14. The van der Waals surface area contributed by atoms with Gasteiger partial charge in [0, 0.05) is 7.11 Å². The first kappa shape index (κ1) is 10.7. The van der Waals surface area contributed by atoms with E-state index in [1.807, 2.05) is 27.7 Å². The van der Waals surface area contributed by atoms with Gasteiger partial charge in [-0.1, -0.05) is 6.08 Å². The third-order valence-corrected chi connectivity index (χ3v) is 2.69. The van der Waals surface area contributed by atoms with Gasteiger partial charge in [0.05, 0.1) is 17.7 Å². The fourth-order valence-electron chi connectivity index (χ4n) is 1.89. The zero-order valence-corrected chi connectivity index (χ0v) is 9.09. The smallest absolute Gasteiger partial charge is 0.0692 e. The second-order valence-corrected chi connectivity index (χ2v) is 4.63. The minimum Gasteiger partial charge on any atom is -0.380 e. The number of hydroxylamine groups is 2. The quantitative estimate of drug-likeness (QED) is 0.666. The van der Waals surface area contributed by atoms with Crippen LogP contribution in [0, 0.1) is 0 Å². The average molecular weight is 185 g/mol. The van der Waals surface area contributed by atoms with Crippen molar-refractivity contribution in [1.82, 2.24) is 5.06 Å². The standard InChI is InChI=1S/C10H19NO2/c1-9(2)6-8(7-13-5)10(3,4)11(9)12/h6,12H,7H2,1-5H3. The second kappa shape index (κ2) is 3.08. The van der Waals surface area contributed by atoms with Gasteiger partial charge in [-0.25, -0.2) is 0 Å². The van der Waals surface area contributed by atoms with Gasteiger partial charge in [-0.05, 0) is 33.3 Å². The molecule has 0 saturated carbocycles. The zero-order valence-electron chi connectivity index (χ0n) is 9.09. The van der Waals surface area contributed by atoms with Crippen LogP contribution in [0.1, 0.15) is 27.7 Å². The van der Waals surface area contributed by atoms with E-state index in [4.69, 9.17) is 4.74 Å². The molecule has 1 N–H and O–H groups in total. The Hall–Kier alpha value is -0.380. The Balaban J connectivity index is 2.95. The Morgan fingerprint density at radius 1 is 1.38 bits per heavy atom. The van der Waals surface area contributed by atoms with Gasteiger partial charge in [-0.2, -0.15) is 5.06 Å². The van der Waals surface area contributed by atoms with Crippen molar-refractivity contribution in [3.63, 3.8) is 0 Å². The summed E-state index contributed by atoms with van der Waals surface area (Å²) in [6.07, 6.45) is 2.07. The van der Waals surface area contributed by atoms with E-state index in [2.05, 4.69) is 6.08 Å². The Labute approximate surface area is 79.9 Å². The number of methoxy groups -OCH3 is 1. The van der Waals surface area contributed by atoms with Crippen LogP contribution in [-0.2, 0) is 4.74 Å². The fraction of sp³-hybridized carbons (Fsp3) is 0.800. The van der Waals surface area contributed by atoms with Crippen LogP contribution in [0.3, 0.4) is 0 Å². The Morgan fingerprint density at radius 3 is 2.23 bits per heavy atom. The maximum atomic E-state index is 9.91. The Morgan fingerprint density at radius 2 is 1.92 bits per heavy atom. The number of ether oxygens (including phenoxy) is 1. The summed E-state index contributed by atoms with van der Waals surface area (Å²) in [6.45, 7) is 8.53. The van der Waals surface area contributed by atoms with Gasteiger partial charge in [0.1, 0.15) is 0 Å². The highest BCUT2D eigenvalue weighted by Crippen LogP contribution is 2.37. The maximum Gasteiger partial charge on any atom is 0.0692 e. The van der Waals surface area contributed by atoms with E-state index in [9.17, 15) is 5.21 Å². The molecule has 13 heavy (non-hydrogen) atoms. The van der Waals surface area contributed by atoms with Gasteiger partial charge >= 0.3 is 0 Å². The van der Waals surface area contributed by atoms with Crippen molar-refractivity contribution >= 4 is 0 Å². The molecule has 3 nitrogen and oxygen atoms in total. The second-order valence-electron chi connectivity index (χ2n) is 4.63. The molecule has 0 spiro atoms. The highest BCUT2D eigenvalue weighted by atomic mass is 16.5. The van der Waals surface area contributed by atoms with Gasteiger partial charge in [0.25, 0.3) is 0 Å². The number of hydrogen-bond acceptors (Lipinski definition) is 3. The van der Waals surface area contributed by atoms with Crippen LogP contribution < -0.4 is 0 Å². The predicted molar refractivity (Wildman–Crippen MR) is 51.7 cm³/mol. The molecule has 0 fully saturated rings. The monoisotopic (exact) mass is 185 g/mol. The summed E-state index contributed by atoms with van der Waals surface area (Å²) < 4.78 is 5.10. The fourth-order valence-corrected chi connectivity index (χ4v) is 1.89. The van der Waals surface area contributed by atoms with Crippen LogP contribution >= 0.6 is 0 Å². The first-order valence-corrected chi connectivity index (χ1v) is 4.53. The maximum absolute atomic E-state index is 9.91. The molecular weight excluding hydrogens is 166 g/mol. The lowest BCUT2D eigenvalue weighted by molar-refractivity contribution is -0.186. The summed E-state index contributed by atoms with van der Waals surface area (Å²) >= 11 is 0. The lowest BCUT2D eigenvalue weighted by Crippen LogP contribution is -2.48. The molecule has 0 atom stereocenters. The topological polar surface area (TPSA) is 32.7 Å². The summed E-state index contributed by atoms with van der Waals surface area (Å²) in [5.74, 6) is 0. The van der Waals surface area contributed by atoms with E-state index in [1.54, 1.807) is 7.11 Å². The van der Waals surface area contributed by atoms with Gasteiger partial charge in [-0.3, -0.25) is 0 Å². The molecule has 0 unspecified atom stereocenters. The van der Waals surface area contributed by atoms with Crippen LogP contribution in [0.4, 0.5) is 0 Å². The Bertz CT molecular complexity index is 231. The number of rotatable bonds is 2. The minimum absolute atomic E-state index is 0.294. The summed E-state index contributed by atoms with van der Waals surface area (Å²) in [4.78, 5) is 0. The zero-order chi connectivity index (χ0) is 10.3.